The van der Waals surface area contributed by atoms with Crippen molar-refractivity contribution in [3.63, 3.8) is 0 Å². The van der Waals surface area contributed by atoms with Gasteiger partial charge in [0.05, 0.1) is 6.54 Å². The fourth-order valence-corrected chi connectivity index (χ4v) is 2.16. The average molecular weight is 229 g/mol. The Balaban J connectivity index is 4.61. The summed E-state index contributed by atoms with van der Waals surface area (Å²) in [6, 6.07) is 0. The zero-order valence-corrected chi connectivity index (χ0v) is 11.2. The molecule has 0 aliphatic carbocycles. The van der Waals surface area contributed by atoms with Crippen LogP contribution in [-0.2, 0) is 4.79 Å². The van der Waals surface area contributed by atoms with Crippen LogP contribution in [0.25, 0.3) is 0 Å². The number of carbonyl (C=O) groups excluding carboxylic acids is 1. The molecule has 0 saturated carbocycles. The van der Waals surface area contributed by atoms with E-state index in [4.69, 9.17) is 5.73 Å². The van der Waals surface area contributed by atoms with Crippen LogP contribution in [0.3, 0.4) is 0 Å². The molecule has 1 amide bonds. The number of rotatable bonds is 8. The lowest BCUT2D eigenvalue weighted by Gasteiger charge is -2.41. The first kappa shape index (κ1) is 15.4. The van der Waals surface area contributed by atoms with Crippen molar-refractivity contribution in [1.29, 1.82) is 0 Å². The molecule has 4 heteroatoms. The third-order valence-electron chi connectivity index (χ3n) is 3.46. The van der Waals surface area contributed by atoms with Crippen LogP contribution in [0.2, 0.25) is 0 Å². The van der Waals surface area contributed by atoms with Crippen LogP contribution in [0.15, 0.2) is 0 Å². The molecular weight excluding hydrogens is 202 g/mol. The first-order valence-electron chi connectivity index (χ1n) is 6.31. The van der Waals surface area contributed by atoms with Crippen molar-refractivity contribution in [3.05, 3.63) is 0 Å². The molecule has 0 radical (unpaired) electrons. The van der Waals surface area contributed by atoms with Crippen LogP contribution >= 0.6 is 0 Å². The van der Waals surface area contributed by atoms with E-state index in [-0.39, 0.29) is 11.4 Å². The molecule has 96 valence electrons. The highest BCUT2D eigenvalue weighted by Gasteiger charge is 2.31. The molecule has 0 aromatic heterocycles. The van der Waals surface area contributed by atoms with Gasteiger partial charge in [-0.1, -0.05) is 20.8 Å². The standard InChI is InChI=1S/C12H27N3O/c1-5-12(6-2,10-13)15(8-4)9-11(16)14-7-3/h5-10,13H2,1-4H3,(H,14,16). The molecule has 3 N–H and O–H groups in total. The molecule has 0 rings (SSSR count). The first-order chi connectivity index (χ1) is 7.60. The third-order valence-corrected chi connectivity index (χ3v) is 3.46. The van der Waals surface area contributed by atoms with Crippen molar-refractivity contribution < 1.29 is 4.79 Å². The van der Waals surface area contributed by atoms with Gasteiger partial charge in [0.15, 0.2) is 0 Å². The Hall–Kier alpha value is -0.610. The maximum absolute atomic E-state index is 11.6. The van der Waals surface area contributed by atoms with Crippen molar-refractivity contribution in [1.82, 2.24) is 10.2 Å². The largest absolute Gasteiger partial charge is 0.355 e. The topological polar surface area (TPSA) is 58.4 Å². The number of nitrogens with one attached hydrogen (secondary N) is 1. The molecule has 0 aliphatic heterocycles. The van der Waals surface area contributed by atoms with E-state index < -0.39 is 0 Å². The van der Waals surface area contributed by atoms with E-state index in [0.717, 1.165) is 19.4 Å². The zero-order chi connectivity index (χ0) is 12.6. The minimum absolute atomic E-state index is 0.0279. The van der Waals surface area contributed by atoms with Crippen molar-refractivity contribution in [2.45, 2.75) is 46.1 Å². The van der Waals surface area contributed by atoms with E-state index in [1.807, 2.05) is 6.92 Å². The highest BCUT2D eigenvalue weighted by atomic mass is 16.2. The number of carbonyl (C=O) groups is 1. The second-order valence-electron chi connectivity index (χ2n) is 4.10. The molecule has 0 atom stereocenters. The molecule has 0 bridgehead atoms. The van der Waals surface area contributed by atoms with Gasteiger partial charge in [-0.05, 0) is 26.3 Å². The maximum Gasteiger partial charge on any atom is 0.234 e. The van der Waals surface area contributed by atoms with Gasteiger partial charge < -0.3 is 11.1 Å². The van der Waals surface area contributed by atoms with Gasteiger partial charge in [-0.2, -0.15) is 0 Å². The normalized spacial score (nSPS) is 11.9. The Morgan fingerprint density at radius 2 is 1.81 bits per heavy atom. The van der Waals surface area contributed by atoms with Crippen LogP contribution in [-0.4, -0.2) is 42.5 Å². The summed E-state index contributed by atoms with van der Waals surface area (Å²) in [7, 11) is 0. The highest BCUT2D eigenvalue weighted by molar-refractivity contribution is 5.78. The van der Waals surface area contributed by atoms with E-state index in [0.29, 0.717) is 19.6 Å². The smallest absolute Gasteiger partial charge is 0.234 e. The molecule has 0 aromatic rings. The summed E-state index contributed by atoms with van der Waals surface area (Å²) in [5.74, 6) is 0.0871. The van der Waals surface area contributed by atoms with Gasteiger partial charge in [0.1, 0.15) is 0 Å². The number of amides is 1. The quantitative estimate of drug-likeness (QED) is 0.652. The fraction of sp³-hybridized carbons (Fsp3) is 0.917. The van der Waals surface area contributed by atoms with E-state index in [1.165, 1.54) is 0 Å². The predicted molar refractivity (Wildman–Crippen MR) is 68.3 cm³/mol. The average Bonchev–Trinajstić information content (AvgIpc) is 2.30. The summed E-state index contributed by atoms with van der Waals surface area (Å²) >= 11 is 0. The number of nitrogens with two attached hydrogens (primary N) is 1. The summed E-state index contributed by atoms with van der Waals surface area (Å²) < 4.78 is 0. The summed E-state index contributed by atoms with van der Waals surface area (Å²) in [5, 5.41) is 2.83. The SMILES string of the molecule is CCNC(=O)CN(CC)C(CC)(CC)CN. The van der Waals surface area contributed by atoms with Gasteiger partial charge in [-0.25, -0.2) is 0 Å². The monoisotopic (exact) mass is 229 g/mol. The Morgan fingerprint density at radius 3 is 2.12 bits per heavy atom. The molecular formula is C12H27N3O. The van der Waals surface area contributed by atoms with E-state index in [1.54, 1.807) is 0 Å². The third kappa shape index (κ3) is 3.76. The lowest BCUT2D eigenvalue weighted by atomic mass is 9.90. The Morgan fingerprint density at radius 1 is 1.25 bits per heavy atom. The van der Waals surface area contributed by atoms with Crippen LogP contribution in [0, 0.1) is 0 Å². The molecule has 4 nitrogen and oxygen atoms in total. The molecule has 0 fully saturated rings. The summed E-state index contributed by atoms with van der Waals surface area (Å²) in [4.78, 5) is 13.8. The molecule has 0 aromatic carbocycles. The summed E-state index contributed by atoms with van der Waals surface area (Å²) in [6.07, 6.45) is 1.96. The van der Waals surface area contributed by atoms with Crippen molar-refractivity contribution >= 4 is 5.91 Å². The van der Waals surface area contributed by atoms with E-state index in [2.05, 4.69) is 31.0 Å². The van der Waals surface area contributed by atoms with Crippen LogP contribution in [0.1, 0.15) is 40.5 Å². The number of hydrogen-bond acceptors (Lipinski definition) is 3. The van der Waals surface area contributed by atoms with Crippen molar-refractivity contribution in [2.24, 2.45) is 5.73 Å². The minimum Gasteiger partial charge on any atom is -0.355 e. The Bertz CT molecular complexity index is 194. The Kier molecular flexibility index (Phi) is 7.34. The lowest BCUT2D eigenvalue weighted by molar-refractivity contribution is -0.123. The summed E-state index contributed by atoms with van der Waals surface area (Å²) in [6.45, 7) is 10.9. The van der Waals surface area contributed by atoms with Gasteiger partial charge in [0.25, 0.3) is 0 Å². The second-order valence-corrected chi connectivity index (χ2v) is 4.10. The molecule has 0 unspecified atom stereocenters. The van der Waals surface area contributed by atoms with E-state index >= 15 is 0 Å². The minimum atomic E-state index is -0.0279. The number of hydrogen-bond donors (Lipinski definition) is 2. The number of likely N-dealkylation sites (N-methyl/N-ethyl adjacent to an activating group) is 2. The lowest BCUT2D eigenvalue weighted by Crippen LogP contribution is -2.55. The van der Waals surface area contributed by atoms with Gasteiger partial charge in [-0.15, -0.1) is 0 Å². The second kappa shape index (κ2) is 7.63. The first-order valence-corrected chi connectivity index (χ1v) is 6.31. The number of nitrogens with zero attached hydrogens (tertiary/aromatic N) is 1. The van der Waals surface area contributed by atoms with Crippen LogP contribution < -0.4 is 11.1 Å². The molecule has 0 saturated heterocycles. The molecule has 16 heavy (non-hydrogen) atoms. The molecule has 0 spiro atoms. The van der Waals surface area contributed by atoms with E-state index in [9.17, 15) is 4.79 Å². The van der Waals surface area contributed by atoms with Crippen LogP contribution in [0.4, 0.5) is 0 Å². The van der Waals surface area contributed by atoms with Crippen LogP contribution in [0.5, 0.6) is 0 Å². The fourth-order valence-electron chi connectivity index (χ4n) is 2.16. The predicted octanol–water partition coefficient (Wildman–Crippen LogP) is 0.962. The zero-order valence-electron chi connectivity index (χ0n) is 11.2. The van der Waals surface area contributed by atoms with Gasteiger partial charge in [0.2, 0.25) is 5.91 Å². The van der Waals surface area contributed by atoms with Gasteiger partial charge >= 0.3 is 0 Å². The van der Waals surface area contributed by atoms with Gasteiger partial charge in [0, 0.05) is 18.6 Å². The highest BCUT2D eigenvalue weighted by Crippen LogP contribution is 2.22. The Labute approximate surface area is 99.6 Å². The van der Waals surface area contributed by atoms with Crippen molar-refractivity contribution in [3.8, 4) is 0 Å². The van der Waals surface area contributed by atoms with Crippen molar-refractivity contribution in [2.75, 3.05) is 26.2 Å². The van der Waals surface area contributed by atoms with Gasteiger partial charge in [-0.3, -0.25) is 9.69 Å². The maximum atomic E-state index is 11.6. The molecule has 0 aliphatic rings. The summed E-state index contributed by atoms with van der Waals surface area (Å²) in [5.41, 5.74) is 5.85. The molecule has 0 heterocycles.